The zero-order chi connectivity index (χ0) is 14.0. The highest BCUT2D eigenvalue weighted by molar-refractivity contribution is 6.00. The van der Waals surface area contributed by atoms with Crippen molar-refractivity contribution >= 4 is 11.9 Å². The molecule has 0 saturated heterocycles. The van der Waals surface area contributed by atoms with E-state index in [1.165, 1.54) is 14.2 Å². The first-order chi connectivity index (χ1) is 9.08. The number of carbonyl (C=O) groups excluding carboxylic acids is 2. The fourth-order valence-electron chi connectivity index (χ4n) is 2.72. The van der Waals surface area contributed by atoms with Crippen LogP contribution in [0, 0.1) is 5.41 Å². The number of ether oxygens (including phenoxy) is 2. The van der Waals surface area contributed by atoms with Crippen LogP contribution in [0.2, 0.25) is 0 Å². The van der Waals surface area contributed by atoms with Gasteiger partial charge in [-0.25, -0.2) is 0 Å². The van der Waals surface area contributed by atoms with Gasteiger partial charge in [0.1, 0.15) is 0 Å². The molecular formula is C14H17NO4. The van der Waals surface area contributed by atoms with Crippen LogP contribution in [0.5, 0.6) is 0 Å². The Kier molecular flexibility index (Phi) is 3.46. The highest BCUT2D eigenvalue weighted by atomic mass is 16.5. The number of esters is 2. The SMILES string of the molecule is C=CC1CC(C(=O)OC)(C(=O)OC)Cn2cccc21. The molecule has 0 amide bonds. The third kappa shape index (κ3) is 1.95. The standard InChI is InChI=1S/C14H17NO4/c1-4-10-8-14(12(16)18-2,13(17)19-3)9-15-7-5-6-11(10)15/h4-7,10H,1,8-9H2,2-3H3. The van der Waals surface area contributed by atoms with Crippen molar-refractivity contribution < 1.29 is 19.1 Å². The first kappa shape index (κ1) is 13.4. The molecule has 0 aromatic carbocycles. The van der Waals surface area contributed by atoms with Gasteiger partial charge in [-0.05, 0) is 18.6 Å². The van der Waals surface area contributed by atoms with E-state index >= 15 is 0 Å². The monoisotopic (exact) mass is 263 g/mol. The van der Waals surface area contributed by atoms with E-state index in [1.54, 1.807) is 6.08 Å². The van der Waals surface area contributed by atoms with Crippen molar-refractivity contribution in [1.29, 1.82) is 0 Å². The number of rotatable bonds is 3. The molecule has 0 fully saturated rings. The van der Waals surface area contributed by atoms with Crippen molar-refractivity contribution in [2.75, 3.05) is 14.2 Å². The van der Waals surface area contributed by atoms with Gasteiger partial charge in [0.15, 0.2) is 5.41 Å². The average molecular weight is 263 g/mol. The van der Waals surface area contributed by atoms with E-state index in [1.807, 2.05) is 22.9 Å². The third-order valence-corrected chi connectivity index (χ3v) is 3.69. The maximum absolute atomic E-state index is 12.1. The Morgan fingerprint density at radius 1 is 1.42 bits per heavy atom. The van der Waals surface area contributed by atoms with Gasteiger partial charge < -0.3 is 14.0 Å². The molecule has 1 unspecified atom stereocenters. The van der Waals surface area contributed by atoms with Crippen molar-refractivity contribution in [1.82, 2.24) is 4.57 Å². The smallest absolute Gasteiger partial charge is 0.325 e. The van der Waals surface area contributed by atoms with E-state index < -0.39 is 17.4 Å². The Morgan fingerprint density at radius 3 is 2.58 bits per heavy atom. The maximum Gasteiger partial charge on any atom is 0.325 e. The van der Waals surface area contributed by atoms with Gasteiger partial charge in [-0.1, -0.05) is 6.08 Å². The van der Waals surface area contributed by atoms with E-state index in [9.17, 15) is 9.59 Å². The molecule has 0 bridgehead atoms. The van der Waals surface area contributed by atoms with Crippen LogP contribution in [0.3, 0.4) is 0 Å². The summed E-state index contributed by atoms with van der Waals surface area (Å²) in [6.45, 7) is 4.02. The lowest BCUT2D eigenvalue weighted by Gasteiger charge is -2.36. The van der Waals surface area contributed by atoms with Crippen molar-refractivity contribution in [3.63, 3.8) is 0 Å². The number of carbonyl (C=O) groups is 2. The lowest BCUT2D eigenvalue weighted by molar-refractivity contribution is -0.172. The van der Waals surface area contributed by atoms with Crippen LogP contribution in [0.1, 0.15) is 18.0 Å². The Balaban J connectivity index is 2.50. The summed E-state index contributed by atoms with van der Waals surface area (Å²) in [5, 5.41) is 0. The van der Waals surface area contributed by atoms with Gasteiger partial charge in [-0.2, -0.15) is 0 Å². The summed E-state index contributed by atoms with van der Waals surface area (Å²) in [4.78, 5) is 24.2. The number of hydrogen-bond acceptors (Lipinski definition) is 4. The van der Waals surface area contributed by atoms with E-state index in [-0.39, 0.29) is 12.5 Å². The predicted octanol–water partition coefficient (Wildman–Crippen LogP) is 1.49. The molecule has 1 aromatic rings. The zero-order valence-corrected chi connectivity index (χ0v) is 11.1. The van der Waals surface area contributed by atoms with E-state index in [0.717, 1.165) is 5.69 Å². The number of aromatic nitrogens is 1. The molecule has 0 aliphatic carbocycles. The predicted molar refractivity (Wildman–Crippen MR) is 68.5 cm³/mol. The number of methoxy groups -OCH3 is 2. The molecule has 0 spiro atoms. The minimum atomic E-state index is -1.30. The van der Waals surface area contributed by atoms with E-state index in [2.05, 4.69) is 6.58 Å². The Morgan fingerprint density at radius 2 is 2.05 bits per heavy atom. The second-order valence-corrected chi connectivity index (χ2v) is 4.67. The molecule has 2 rings (SSSR count). The first-order valence-corrected chi connectivity index (χ1v) is 6.03. The molecule has 2 heterocycles. The molecule has 5 heteroatoms. The van der Waals surface area contributed by atoms with E-state index in [4.69, 9.17) is 9.47 Å². The number of fused-ring (bicyclic) bond motifs is 1. The number of allylic oxidation sites excluding steroid dienone is 1. The molecule has 1 aliphatic rings. The third-order valence-electron chi connectivity index (χ3n) is 3.69. The van der Waals surface area contributed by atoms with Crippen molar-refractivity contribution in [3.05, 3.63) is 36.7 Å². The molecule has 0 radical (unpaired) electrons. The minimum absolute atomic E-state index is 0.0815. The van der Waals surface area contributed by atoms with Gasteiger partial charge in [0.05, 0.1) is 14.2 Å². The van der Waals surface area contributed by atoms with Crippen molar-refractivity contribution in [3.8, 4) is 0 Å². The van der Waals surface area contributed by atoms with Gasteiger partial charge in [0.2, 0.25) is 0 Å². The Bertz CT molecular complexity index is 501. The normalized spacial score (nSPS) is 20.2. The van der Waals surface area contributed by atoms with Crippen LogP contribution in [0.25, 0.3) is 0 Å². The summed E-state index contributed by atoms with van der Waals surface area (Å²) in [5.41, 5.74) is -0.257. The highest BCUT2D eigenvalue weighted by Crippen LogP contribution is 2.41. The Hall–Kier alpha value is -2.04. The summed E-state index contributed by atoms with van der Waals surface area (Å²) in [7, 11) is 2.56. The van der Waals surface area contributed by atoms with Crippen molar-refractivity contribution in [2.24, 2.45) is 5.41 Å². The molecule has 1 aromatic heterocycles. The van der Waals surface area contributed by atoms with Crippen LogP contribution >= 0.6 is 0 Å². The molecule has 1 aliphatic heterocycles. The van der Waals surface area contributed by atoms with Gasteiger partial charge in [0, 0.05) is 24.4 Å². The number of hydrogen-bond donors (Lipinski definition) is 0. The van der Waals surface area contributed by atoms with Gasteiger partial charge in [-0.15, -0.1) is 6.58 Å². The lowest BCUT2D eigenvalue weighted by Crippen LogP contribution is -2.48. The summed E-state index contributed by atoms with van der Waals surface area (Å²) >= 11 is 0. The summed E-state index contributed by atoms with van der Waals surface area (Å²) in [6.07, 6.45) is 3.90. The van der Waals surface area contributed by atoms with Crippen LogP contribution in [0.4, 0.5) is 0 Å². The molecule has 0 saturated carbocycles. The van der Waals surface area contributed by atoms with Crippen LogP contribution in [-0.4, -0.2) is 30.7 Å². The molecule has 102 valence electrons. The first-order valence-electron chi connectivity index (χ1n) is 6.03. The maximum atomic E-state index is 12.1. The topological polar surface area (TPSA) is 57.5 Å². The van der Waals surface area contributed by atoms with Crippen LogP contribution < -0.4 is 0 Å². The van der Waals surface area contributed by atoms with Crippen molar-refractivity contribution in [2.45, 2.75) is 18.9 Å². The average Bonchev–Trinajstić information content (AvgIpc) is 2.92. The van der Waals surface area contributed by atoms with E-state index in [0.29, 0.717) is 6.42 Å². The van der Waals surface area contributed by atoms with Crippen LogP contribution in [0.15, 0.2) is 31.0 Å². The second kappa shape index (κ2) is 4.91. The molecule has 5 nitrogen and oxygen atoms in total. The largest absolute Gasteiger partial charge is 0.468 e. The quantitative estimate of drug-likeness (QED) is 0.471. The van der Waals surface area contributed by atoms with Gasteiger partial charge >= 0.3 is 11.9 Å². The summed E-state index contributed by atoms with van der Waals surface area (Å²) < 4.78 is 11.5. The van der Waals surface area contributed by atoms with Crippen LogP contribution in [-0.2, 0) is 25.6 Å². The Labute approximate surface area is 111 Å². The molecule has 19 heavy (non-hydrogen) atoms. The molecule has 0 N–H and O–H groups in total. The fourth-order valence-corrected chi connectivity index (χ4v) is 2.72. The zero-order valence-electron chi connectivity index (χ0n) is 11.1. The summed E-state index contributed by atoms with van der Waals surface area (Å²) in [6, 6.07) is 3.85. The fraction of sp³-hybridized carbons (Fsp3) is 0.429. The van der Waals surface area contributed by atoms with Gasteiger partial charge in [-0.3, -0.25) is 9.59 Å². The van der Waals surface area contributed by atoms with Gasteiger partial charge in [0.25, 0.3) is 0 Å². The minimum Gasteiger partial charge on any atom is -0.468 e. The molecular weight excluding hydrogens is 246 g/mol. The summed E-state index contributed by atoms with van der Waals surface area (Å²) in [5.74, 6) is -1.21. The molecule has 1 atom stereocenters. The second-order valence-electron chi connectivity index (χ2n) is 4.67. The lowest BCUT2D eigenvalue weighted by atomic mass is 9.75. The highest BCUT2D eigenvalue weighted by Gasteiger charge is 2.52. The number of nitrogens with zero attached hydrogens (tertiary/aromatic N) is 1.